The molecule has 1 N–H and O–H groups in total. The van der Waals surface area contributed by atoms with Crippen LogP contribution in [0.1, 0.15) is 48.9 Å². The minimum atomic E-state index is 0.0671. The highest BCUT2D eigenvalue weighted by Crippen LogP contribution is 2.28. The number of amides is 1. The molecular weight excluding hydrogens is 391 g/mol. The highest BCUT2D eigenvalue weighted by molar-refractivity contribution is 6.35. The van der Waals surface area contributed by atoms with E-state index in [0.29, 0.717) is 10.0 Å². The van der Waals surface area contributed by atoms with Gasteiger partial charge in [0.15, 0.2) is 0 Å². The molecule has 0 saturated carbocycles. The number of piperidine rings is 1. The van der Waals surface area contributed by atoms with E-state index in [1.807, 2.05) is 18.2 Å². The van der Waals surface area contributed by atoms with Crippen molar-refractivity contribution in [3.8, 4) is 0 Å². The molecule has 28 heavy (non-hydrogen) atoms. The maximum absolute atomic E-state index is 12.8. The number of likely N-dealkylation sites (tertiary alicyclic amines) is 1. The Morgan fingerprint density at radius 1 is 1.11 bits per heavy atom. The van der Waals surface area contributed by atoms with Crippen molar-refractivity contribution >= 4 is 29.1 Å². The molecule has 2 aromatic carbocycles. The Kier molecular flexibility index (Phi) is 7.39. The van der Waals surface area contributed by atoms with Crippen LogP contribution in [-0.2, 0) is 11.3 Å². The van der Waals surface area contributed by atoms with Crippen LogP contribution in [0.25, 0.3) is 0 Å². The number of aryl methyl sites for hydroxylation is 1. The molecule has 1 saturated heterocycles. The summed E-state index contributed by atoms with van der Waals surface area (Å²) in [4.78, 5) is 15.1. The van der Waals surface area contributed by atoms with Crippen molar-refractivity contribution in [3.05, 3.63) is 69.2 Å². The largest absolute Gasteiger partial charge is 0.349 e. The summed E-state index contributed by atoms with van der Waals surface area (Å²) in [6.45, 7) is 6.67. The summed E-state index contributed by atoms with van der Waals surface area (Å²) in [5.74, 6) is 0.236. The van der Waals surface area contributed by atoms with E-state index in [2.05, 4.69) is 48.3 Å². The van der Waals surface area contributed by atoms with Crippen molar-refractivity contribution in [1.82, 2.24) is 10.2 Å². The van der Waals surface area contributed by atoms with Gasteiger partial charge in [0.05, 0.1) is 6.04 Å². The molecule has 5 heteroatoms. The van der Waals surface area contributed by atoms with Crippen LogP contribution in [-0.4, -0.2) is 23.9 Å². The topological polar surface area (TPSA) is 32.3 Å². The molecule has 1 aliphatic heterocycles. The first-order chi connectivity index (χ1) is 13.5. The number of hydrogen-bond acceptors (Lipinski definition) is 2. The summed E-state index contributed by atoms with van der Waals surface area (Å²) >= 11 is 12.6. The molecule has 0 bridgehead atoms. The summed E-state index contributed by atoms with van der Waals surface area (Å²) in [5, 5.41) is 4.66. The fourth-order valence-electron chi connectivity index (χ4n) is 3.77. The van der Waals surface area contributed by atoms with Crippen molar-refractivity contribution < 1.29 is 4.79 Å². The Labute approximate surface area is 178 Å². The molecule has 0 spiro atoms. The molecule has 150 valence electrons. The van der Waals surface area contributed by atoms with Crippen LogP contribution < -0.4 is 5.32 Å². The average molecular weight is 419 g/mol. The maximum atomic E-state index is 12.8. The first kappa shape index (κ1) is 21.2. The van der Waals surface area contributed by atoms with Gasteiger partial charge < -0.3 is 5.32 Å². The van der Waals surface area contributed by atoms with E-state index in [9.17, 15) is 4.79 Å². The fourth-order valence-corrected chi connectivity index (χ4v) is 4.29. The lowest BCUT2D eigenvalue weighted by molar-refractivity contribution is -0.127. The van der Waals surface area contributed by atoms with Gasteiger partial charge in [-0.3, -0.25) is 9.69 Å². The summed E-state index contributed by atoms with van der Waals surface area (Å²) < 4.78 is 0. The summed E-state index contributed by atoms with van der Waals surface area (Å²) in [6, 6.07) is 14.1. The third kappa shape index (κ3) is 5.28. The Morgan fingerprint density at radius 2 is 1.71 bits per heavy atom. The second kappa shape index (κ2) is 9.78. The lowest BCUT2D eigenvalue weighted by Gasteiger charge is -2.32. The lowest BCUT2D eigenvalue weighted by Crippen LogP contribution is -2.41. The highest BCUT2D eigenvalue weighted by atomic mass is 35.5. The van der Waals surface area contributed by atoms with Crippen molar-refractivity contribution in [1.29, 1.82) is 0 Å². The normalized spacial score (nSPS) is 16.7. The Hall–Kier alpha value is -1.55. The van der Waals surface area contributed by atoms with Gasteiger partial charge in [-0.15, -0.1) is 0 Å². The predicted octanol–water partition coefficient (Wildman–Crippen LogP) is 5.78. The van der Waals surface area contributed by atoms with E-state index in [1.165, 1.54) is 11.1 Å². The Balaban J connectivity index is 1.54. The molecule has 1 amide bonds. The first-order valence-corrected chi connectivity index (χ1v) is 10.8. The van der Waals surface area contributed by atoms with Crippen LogP contribution in [0.2, 0.25) is 10.0 Å². The first-order valence-electron chi connectivity index (χ1n) is 10.00. The number of carbonyl (C=O) groups excluding carboxylic acids is 1. The SMILES string of the molecule is CCC(NC(=O)C1CCN(Cc2c(Cl)cccc2Cl)CC1)c1ccc(C)cc1. The Bertz CT molecular complexity index is 778. The van der Waals surface area contributed by atoms with Crippen LogP contribution in [0.4, 0.5) is 0 Å². The molecule has 0 aromatic heterocycles. The quantitative estimate of drug-likeness (QED) is 0.644. The van der Waals surface area contributed by atoms with Crippen LogP contribution in [0.3, 0.4) is 0 Å². The third-order valence-electron chi connectivity index (χ3n) is 5.61. The Morgan fingerprint density at radius 3 is 2.29 bits per heavy atom. The molecule has 1 atom stereocenters. The monoisotopic (exact) mass is 418 g/mol. The number of halogens is 2. The smallest absolute Gasteiger partial charge is 0.223 e. The van der Waals surface area contributed by atoms with Crippen LogP contribution in [0, 0.1) is 12.8 Å². The molecule has 0 radical (unpaired) electrons. The maximum Gasteiger partial charge on any atom is 0.223 e. The van der Waals surface area contributed by atoms with Crippen molar-refractivity contribution in [2.24, 2.45) is 5.92 Å². The lowest BCUT2D eigenvalue weighted by atomic mass is 9.94. The second-order valence-corrected chi connectivity index (χ2v) is 8.45. The highest BCUT2D eigenvalue weighted by Gasteiger charge is 2.27. The van der Waals surface area contributed by atoms with Gasteiger partial charge in [0.1, 0.15) is 0 Å². The zero-order chi connectivity index (χ0) is 20.1. The van der Waals surface area contributed by atoms with Crippen molar-refractivity contribution in [2.75, 3.05) is 13.1 Å². The summed E-state index contributed by atoms with van der Waals surface area (Å²) in [7, 11) is 0. The molecule has 2 aromatic rings. The van der Waals surface area contributed by atoms with E-state index in [-0.39, 0.29) is 17.9 Å². The van der Waals surface area contributed by atoms with Gasteiger partial charge in [-0.2, -0.15) is 0 Å². The zero-order valence-corrected chi connectivity index (χ0v) is 18.1. The third-order valence-corrected chi connectivity index (χ3v) is 6.31. The standard InChI is InChI=1S/C23H28Cl2N2O/c1-3-22(17-9-7-16(2)8-10-17)26-23(28)18-11-13-27(14-12-18)15-19-20(24)5-4-6-21(19)25/h4-10,18,22H,3,11-15H2,1-2H3,(H,26,28). The molecule has 1 unspecified atom stereocenters. The van der Waals surface area contributed by atoms with E-state index in [0.717, 1.165) is 44.5 Å². The zero-order valence-electron chi connectivity index (χ0n) is 16.6. The minimum Gasteiger partial charge on any atom is -0.349 e. The summed E-state index contributed by atoms with van der Waals surface area (Å²) in [5.41, 5.74) is 3.38. The predicted molar refractivity (Wildman–Crippen MR) is 117 cm³/mol. The van der Waals surface area contributed by atoms with Gasteiger partial charge >= 0.3 is 0 Å². The summed E-state index contributed by atoms with van der Waals surface area (Å²) in [6.07, 6.45) is 2.61. The molecule has 0 aliphatic carbocycles. The second-order valence-electron chi connectivity index (χ2n) is 7.63. The number of nitrogens with zero attached hydrogens (tertiary/aromatic N) is 1. The molecule has 1 aliphatic rings. The van der Waals surface area contributed by atoms with Gasteiger partial charge in [0.25, 0.3) is 0 Å². The van der Waals surface area contributed by atoms with E-state index in [4.69, 9.17) is 23.2 Å². The molecular formula is C23H28Cl2N2O. The number of nitrogens with one attached hydrogen (secondary N) is 1. The molecule has 3 rings (SSSR count). The van der Waals surface area contributed by atoms with Crippen LogP contribution in [0.15, 0.2) is 42.5 Å². The van der Waals surface area contributed by atoms with Crippen LogP contribution >= 0.6 is 23.2 Å². The van der Waals surface area contributed by atoms with Gasteiger partial charge in [0, 0.05) is 28.1 Å². The number of rotatable bonds is 6. The van der Waals surface area contributed by atoms with Crippen LogP contribution in [0.5, 0.6) is 0 Å². The fraction of sp³-hybridized carbons (Fsp3) is 0.435. The van der Waals surface area contributed by atoms with Gasteiger partial charge in [-0.05, 0) is 57.0 Å². The molecule has 1 fully saturated rings. The van der Waals surface area contributed by atoms with Crippen molar-refractivity contribution in [2.45, 2.75) is 45.7 Å². The minimum absolute atomic E-state index is 0.0671. The number of carbonyl (C=O) groups is 1. The average Bonchev–Trinajstić information content (AvgIpc) is 2.70. The van der Waals surface area contributed by atoms with E-state index in [1.54, 1.807) is 0 Å². The number of benzene rings is 2. The molecule has 1 heterocycles. The van der Waals surface area contributed by atoms with E-state index >= 15 is 0 Å². The number of hydrogen-bond donors (Lipinski definition) is 1. The van der Waals surface area contributed by atoms with E-state index < -0.39 is 0 Å². The van der Waals surface area contributed by atoms with Gasteiger partial charge in [-0.25, -0.2) is 0 Å². The van der Waals surface area contributed by atoms with Gasteiger partial charge in [-0.1, -0.05) is 66.0 Å². The molecule has 3 nitrogen and oxygen atoms in total. The van der Waals surface area contributed by atoms with Gasteiger partial charge in [0.2, 0.25) is 5.91 Å². The van der Waals surface area contributed by atoms with Crippen molar-refractivity contribution in [3.63, 3.8) is 0 Å².